The molecule has 0 fully saturated rings. The predicted octanol–water partition coefficient (Wildman–Crippen LogP) is 2.53. The van der Waals surface area contributed by atoms with Gasteiger partial charge in [-0.05, 0) is 29.3 Å². The Morgan fingerprint density at radius 2 is 1.88 bits per heavy atom. The first-order valence-corrected chi connectivity index (χ1v) is 4.81. The molecular weight excluding hydrogens is 218 g/mol. The van der Waals surface area contributed by atoms with Gasteiger partial charge in [0.1, 0.15) is 11.6 Å². The van der Waals surface area contributed by atoms with Gasteiger partial charge in [0.15, 0.2) is 0 Å². The van der Waals surface area contributed by atoms with E-state index in [2.05, 4.69) is 4.98 Å². The van der Waals surface area contributed by atoms with Gasteiger partial charge in [0.05, 0.1) is 4.92 Å². The molecule has 0 spiro atoms. The predicted molar refractivity (Wildman–Crippen MR) is 61.0 cm³/mol. The van der Waals surface area contributed by atoms with Gasteiger partial charge < -0.3 is 0 Å². The molecule has 2 aromatic rings. The van der Waals surface area contributed by atoms with Crippen LogP contribution >= 0.6 is 0 Å². The molecule has 82 valence electrons. The van der Waals surface area contributed by atoms with Gasteiger partial charge in [-0.25, -0.2) is 0 Å². The molecule has 0 amide bonds. The smallest absolute Gasteiger partial charge is 0.265 e. The Hall–Kier alpha value is -2.74. The van der Waals surface area contributed by atoms with Crippen LogP contribution in [0.1, 0.15) is 5.56 Å². The van der Waals surface area contributed by atoms with Crippen LogP contribution < -0.4 is 0 Å². The Bertz CT molecular complexity index is 603. The first-order valence-electron chi connectivity index (χ1n) is 4.81. The van der Waals surface area contributed by atoms with E-state index in [0.29, 0.717) is 5.56 Å². The highest BCUT2D eigenvalue weighted by molar-refractivity contribution is 5.68. The van der Waals surface area contributed by atoms with E-state index in [0.717, 1.165) is 5.56 Å². The van der Waals surface area contributed by atoms with Gasteiger partial charge in [0.25, 0.3) is 5.69 Å². The van der Waals surface area contributed by atoms with E-state index < -0.39 is 4.92 Å². The van der Waals surface area contributed by atoms with Crippen LogP contribution in [-0.4, -0.2) is 9.91 Å². The molecule has 0 aliphatic carbocycles. The third kappa shape index (κ3) is 2.11. The van der Waals surface area contributed by atoms with Gasteiger partial charge in [0.2, 0.25) is 0 Å². The Labute approximate surface area is 97.1 Å². The van der Waals surface area contributed by atoms with Gasteiger partial charge >= 0.3 is 0 Å². The molecule has 0 saturated carbocycles. The van der Waals surface area contributed by atoms with Crippen molar-refractivity contribution < 1.29 is 4.92 Å². The highest BCUT2D eigenvalue weighted by Crippen LogP contribution is 2.26. The summed E-state index contributed by atoms with van der Waals surface area (Å²) in [6, 6.07) is 9.84. The van der Waals surface area contributed by atoms with E-state index in [1.807, 2.05) is 0 Å². The number of hydrogen-bond donors (Lipinski definition) is 0. The fourth-order valence-electron chi connectivity index (χ4n) is 1.50. The number of nitrogens with zero attached hydrogens (tertiary/aromatic N) is 3. The number of rotatable bonds is 2. The van der Waals surface area contributed by atoms with Crippen LogP contribution in [-0.2, 0) is 0 Å². The van der Waals surface area contributed by atoms with Crippen molar-refractivity contribution in [3.8, 4) is 17.2 Å². The number of benzene rings is 1. The van der Waals surface area contributed by atoms with Crippen molar-refractivity contribution in [1.29, 1.82) is 5.26 Å². The lowest BCUT2D eigenvalue weighted by atomic mass is 10.0. The molecule has 0 N–H and O–H groups in total. The lowest BCUT2D eigenvalue weighted by molar-refractivity contribution is -0.385. The van der Waals surface area contributed by atoms with Crippen LogP contribution in [0.3, 0.4) is 0 Å². The SMILES string of the molecule is N#Cc1ccc(-c2ccncc2)cc1[N+](=O)[O-]. The maximum atomic E-state index is 10.8. The second-order valence-electron chi connectivity index (χ2n) is 3.34. The van der Waals surface area contributed by atoms with Crippen LogP contribution in [0, 0.1) is 21.4 Å². The second-order valence-corrected chi connectivity index (χ2v) is 3.34. The highest BCUT2D eigenvalue weighted by atomic mass is 16.6. The van der Waals surface area contributed by atoms with E-state index in [4.69, 9.17) is 5.26 Å². The summed E-state index contributed by atoms with van der Waals surface area (Å²) in [5.74, 6) is 0. The summed E-state index contributed by atoms with van der Waals surface area (Å²) in [6.07, 6.45) is 3.22. The molecule has 0 aliphatic rings. The second kappa shape index (κ2) is 4.41. The third-order valence-electron chi connectivity index (χ3n) is 2.33. The molecule has 1 aromatic carbocycles. The van der Waals surface area contributed by atoms with Crippen molar-refractivity contribution in [2.45, 2.75) is 0 Å². The number of aromatic nitrogens is 1. The number of hydrogen-bond acceptors (Lipinski definition) is 4. The quantitative estimate of drug-likeness (QED) is 0.581. The largest absolute Gasteiger partial charge is 0.287 e. The molecule has 0 bridgehead atoms. The third-order valence-corrected chi connectivity index (χ3v) is 2.33. The van der Waals surface area contributed by atoms with Crippen molar-refractivity contribution >= 4 is 5.69 Å². The van der Waals surface area contributed by atoms with Crippen molar-refractivity contribution in [2.75, 3.05) is 0 Å². The van der Waals surface area contributed by atoms with Gasteiger partial charge in [-0.2, -0.15) is 5.26 Å². The molecule has 1 heterocycles. The van der Waals surface area contributed by atoms with Crippen LogP contribution in [0.15, 0.2) is 42.7 Å². The average molecular weight is 225 g/mol. The molecule has 0 saturated heterocycles. The van der Waals surface area contributed by atoms with Crippen LogP contribution in [0.25, 0.3) is 11.1 Å². The summed E-state index contributed by atoms with van der Waals surface area (Å²) < 4.78 is 0. The summed E-state index contributed by atoms with van der Waals surface area (Å²) in [5.41, 5.74) is 1.40. The Morgan fingerprint density at radius 1 is 1.18 bits per heavy atom. The fraction of sp³-hybridized carbons (Fsp3) is 0. The van der Waals surface area contributed by atoms with E-state index in [1.54, 1.807) is 36.7 Å². The van der Waals surface area contributed by atoms with E-state index in [-0.39, 0.29) is 11.3 Å². The van der Waals surface area contributed by atoms with Gasteiger partial charge in [0, 0.05) is 18.5 Å². The molecule has 1 aromatic heterocycles. The molecule has 0 radical (unpaired) electrons. The van der Waals surface area contributed by atoms with Crippen LogP contribution in [0.4, 0.5) is 5.69 Å². The molecule has 0 aliphatic heterocycles. The van der Waals surface area contributed by atoms with E-state index in [9.17, 15) is 10.1 Å². The maximum Gasteiger partial charge on any atom is 0.287 e. The van der Waals surface area contributed by atoms with E-state index in [1.165, 1.54) is 12.1 Å². The number of nitro groups is 1. The molecule has 5 heteroatoms. The zero-order valence-corrected chi connectivity index (χ0v) is 8.70. The zero-order chi connectivity index (χ0) is 12.3. The Balaban J connectivity index is 2.56. The summed E-state index contributed by atoms with van der Waals surface area (Å²) >= 11 is 0. The highest BCUT2D eigenvalue weighted by Gasteiger charge is 2.14. The fourth-order valence-corrected chi connectivity index (χ4v) is 1.50. The minimum Gasteiger partial charge on any atom is -0.265 e. The van der Waals surface area contributed by atoms with Crippen molar-refractivity contribution in [2.24, 2.45) is 0 Å². The summed E-state index contributed by atoms with van der Waals surface area (Å²) in [4.78, 5) is 14.1. The van der Waals surface area contributed by atoms with Crippen molar-refractivity contribution in [3.05, 3.63) is 58.4 Å². The normalized spacial score (nSPS) is 9.59. The first-order chi connectivity index (χ1) is 8.22. The van der Waals surface area contributed by atoms with Crippen LogP contribution in [0.5, 0.6) is 0 Å². The van der Waals surface area contributed by atoms with Crippen molar-refractivity contribution in [1.82, 2.24) is 4.98 Å². The molecule has 0 unspecified atom stereocenters. The summed E-state index contributed by atoms with van der Waals surface area (Å²) in [6.45, 7) is 0. The Morgan fingerprint density at radius 3 is 2.47 bits per heavy atom. The monoisotopic (exact) mass is 225 g/mol. The molecule has 5 nitrogen and oxygen atoms in total. The molecule has 17 heavy (non-hydrogen) atoms. The molecule has 0 atom stereocenters. The van der Waals surface area contributed by atoms with E-state index >= 15 is 0 Å². The lowest BCUT2D eigenvalue weighted by Crippen LogP contribution is -1.92. The van der Waals surface area contributed by atoms with Gasteiger partial charge in [-0.3, -0.25) is 15.1 Å². The van der Waals surface area contributed by atoms with Crippen molar-refractivity contribution in [3.63, 3.8) is 0 Å². The summed E-state index contributed by atoms with van der Waals surface area (Å²) in [5, 5.41) is 19.6. The zero-order valence-electron chi connectivity index (χ0n) is 8.70. The van der Waals surface area contributed by atoms with Gasteiger partial charge in [-0.15, -0.1) is 0 Å². The first kappa shape index (κ1) is 10.8. The number of nitro benzene ring substituents is 1. The lowest BCUT2D eigenvalue weighted by Gasteiger charge is -2.01. The molecule has 2 rings (SSSR count). The Kier molecular flexibility index (Phi) is 2.79. The standard InChI is InChI=1S/C12H7N3O2/c13-8-11-2-1-10(7-12(11)15(16)17)9-3-5-14-6-4-9/h1-7H. The minimum absolute atomic E-state index is 0.0628. The number of pyridine rings is 1. The van der Waals surface area contributed by atoms with Crippen LogP contribution in [0.2, 0.25) is 0 Å². The topological polar surface area (TPSA) is 79.8 Å². The molecular formula is C12H7N3O2. The maximum absolute atomic E-state index is 10.8. The minimum atomic E-state index is -0.552. The van der Waals surface area contributed by atoms with Gasteiger partial charge in [-0.1, -0.05) is 6.07 Å². The number of nitriles is 1. The average Bonchev–Trinajstić information content (AvgIpc) is 2.39. The summed E-state index contributed by atoms with van der Waals surface area (Å²) in [7, 11) is 0.